The predicted molar refractivity (Wildman–Crippen MR) is 108 cm³/mol. The number of carbonyl (C=O) groups excluding carboxylic acids is 1. The first-order valence-electron chi connectivity index (χ1n) is 9.08. The van der Waals surface area contributed by atoms with Crippen molar-refractivity contribution in [3.8, 4) is 11.5 Å². The largest absolute Gasteiger partial charge is 0.593 e. The molecule has 33 heavy (non-hydrogen) atoms. The quantitative estimate of drug-likeness (QED) is 0.305. The molecule has 1 atom stereocenters. The van der Waals surface area contributed by atoms with Crippen molar-refractivity contribution < 1.29 is 36.0 Å². The monoisotopic (exact) mass is 486 g/mol. The summed E-state index contributed by atoms with van der Waals surface area (Å²) in [5.41, 5.74) is -2.85. The maximum atomic E-state index is 14.6. The van der Waals surface area contributed by atoms with E-state index in [9.17, 15) is 31.3 Å². The van der Waals surface area contributed by atoms with E-state index in [2.05, 4.69) is 20.0 Å². The summed E-state index contributed by atoms with van der Waals surface area (Å²) in [6.07, 6.45) is -4.87. The minimum Gasteiger partial charge on any atom is -0.593 e. The van der Waals surface area contributed by atoms with Gasteiger partial charge in [-0.3, -0.25) is 4.79 Å². The minimum atomic E-state index is -5.11. The molecule has 0 spiro atoms. The van der Waals surface area contributed by atoms with Crippen LogP contribution in [0.5, 0.6) is 11.5 Å². The molecule has 7 nitrogen and oxygen atoms in total. The second kappa shape index (κ2) is 9.68. The van der Waals surface area contributed by atoms with Gasteiger partial charge < -0.3 is 14.6 Å². The fraction of sp³-hybridized carbons (Fsp3) is 0.150. The third kappa shape index (κ3) is 5.56. The molecule has 3 rings (SSSR count). The zero-order chi connectivity index (χ0) is 24.3. The van der Waals surface area contributed by atoms with Crippen LogP contribution in [0.25, 0.3) is 0 Å². The Labute approximate surface area is 187 Å². The number of alkyl halides is 3. The highest BCUT2D eigenvalue weighted by molar-refractivity contribution is 7.89. The van der Waals surface area contributed by atoms with Gasteiger partial charge in [0.15, 0.2) is 22.2 Å². The lowest BCUT2D eigenvalue weighted by Gasteiger charge is -2.18. The molecule has 2 N–H and O–H groups in total. The van der Waals surface area contributed by atoms with E-state index in [1.807, 2.05) is 0 Å². The molecule has 0 saturated carbocycles. The Kier molecular flexibility index (Phi) is 7.15. The molecule has 13 heteroatoms. The number of nitrogens with zero attached hydrogens (tertiary/aromatic N) is 2. The van der Waals surface area contributed by atoms with Gasteiger partial charge in [-0.1, -0.05) is 6.07 Å². The van der Waals surface area contributed by atoms with Gasteiger partial charge in [0, 0.05) is 18.8 Å². The van der Waals surface area contributed by atoms with Gasteiger partial charge in [-0.25, -0.2) is 14.4 Å². The van der Waals surface area contributed by atoms with Crippen molar-refractivity contribution in [2.24, 2.45) is 0 Å². The second-order valence-corrected chi connectivity index (χ2v) is 7.85. The van der Waals surface area contributed by atoms with E-state index in [-0.39, 0.29) is 28.2 Å². The van der Waals surface area contributed by atoms with Crippen molar-refractivity contribution in [2.75, 3.05) is 12.4 Å². The number of anilines is 1. The summed E-state index contributed by atoms with van der Waals surface area (Å²) in [5.74, 6) is -5.14. The highest BCUT2D eigenvalue weighted by Gasteiger charge is 2.40. The molecule has 0 radical (unpaired) electrons. The van der Waals surface area contributed by atoms with Crippen LogP contribution < -0.4 is 14.8 Å². The highest BCUT2D eigenvalue weighted by Crippen LogP contribution is 2.40. The number of nitrogens with one attached hydrogen (secondary N) is 2. The summed E-state index contributed by atoms with van der Waals surface area (Å²) in [7, 11) is 1.43. The topological polar surface area (TPSA) is 99.2 Å². The van der Waals surface area contributed by atoms with E-state index >= 15 is 0 Å². The number of aromatic nitrogens is 2. The number of hydrogen-bond acceptors (Lipinski definition) is 6. The number of carbonyl (C=O) groups is 1. The SMILES string of the molecule is CN[S+]([O-])c1cccc(NC(=O)c2c(F)cnc(C(F)(F)F)c2Oc2ccc(F)nc2C)c1. The Bertz CT molecular complexity index is 1190. The summed E-state index contributed by atoms with van der Waals surface area (Å²) >= 11 is -1.61. The van der Waals surface area contributed by atoms with Crippen molar-refractivity contribution in [1.82, 2.24) is 14.7 Å². The average Bonchev–Trinajstić information content (AvgIpc) is 2.74. The molecule has 0 aliphatic heterocycles. The molecule has 1 unspecified atom stereocenters. The fourth-order valence-electron chi connectivity index (χ4n) is 2.72. The zero-order valence-corrected chi connectivity index (χ0v) is 17.8. The number of hydrogen-bond donors (Lipinski definition) is 2. The molecule has 1 amide bonds. The third-order valence-corrected chi connectivity index (χ3v) is 5.24. The van der Waals surface area contributed by atoms with E-state index in [4.69, 9.17) is 4.74 Å². The van der Waals surface area contributed by atoms with E-state index in [1.165, 1.54) is 38.2 Å². The Morgan fingerprint density at radius 3 is 2.55 bits per heavy atom. The van der Waals surface area contributed by atoms with Gasteiger partial charge in [-0.15, -0.1) is 4.72 Å². The maximum absolute atomic E-state index is 14.6. The molecule has 1 aromatic carbocycles. The summed E-state index contributed by atoms with van der Waals surface area (Å²) in [6, 6.07) is 7.40. The average molecular weight is 486 g/mol. The van der Waals surface area contributed by atoms with E-state index in [0.29, 0.717) is 0 Å². The summed E-state index contributed by atoms with van der Waals surface area (Å²) < 4.78 is 88.2. The van der Waals surface area contributed by atoms with E-state index in [0.717, 1.165) is 12.1 Å². The first-order chi connectivity index (χ1) is 15.5. The lowest BCUT2D eigenvalue weighted by Crippen LogP contribution is -2.21. The molecule has 0 aliphatic rings. The number of pyridine rings is 2. The molecule has 3 aromatic rings. The molecule has 2 heterocycles. The van der Waals surface area contributed by atoms with Crippen molar-refractivity contribution in [2.45, 2.75) is 18.0 Å². The Balaban J connectivity index is 2.08. The first-order valence-corrected chi connectivity index (χ1v) is 10.2. The first kappa shape index (κ1) is 24.4. The van der Waals surface area contributed by atoms with Gasteiger partial charge in [0.05, 0.1) is 23.3 Å². The normalized spacial score (nSPS) is 12.4. The van der Waals surface area contributed by atoms with Crippen LogP contribution >= 0.6 is 0 Å². The number of benzene rings is 1. The number of aryl methyl sites for hydroxylation is 1. The number of amides is 1. The lowest BCUT2D eigenvalue weighted by atomic mass is 10.1. The Morgan fingerprint density at radius 1 is 1.18 bits per heavy atom. The van der Waals surface area contributed by atoms with Gasteiger partial charge >= 0.3 is 6.18 Å². The van der Waals surface area contributed by atoms with Gasteiger partial charge in [-0.05, 0) is 31.2 Å². The van der Waals surface area contributed by atoms with Crippen molar-refractivity contribution in [1.29, 1.82) is 0 Å². The van der Waals surface area contributed by atoms with Crippen LogP contribution in [-0.2, 0) is 17.5 Å². The highest BCUT2D eigenvalue weighted by atomic mass is 32.2. The predicted octanol–water partition coefficient (Wildman–Crippen LogP) is 4.37. The van der Waals surface area contributed by atoms with Crippen molar-refractivity contribution in [3.05, 3.63) is 71.3 Å². The van der Waals surface area contributed by atoms with E-state index in [1.54, 1.807) is 0 Å². The smallest absolute Gasteiger partial charge is 0.437 e. The Hall–Kier alpha value is -3.29. The fourth-order valence-corrected chi connectivity index (χ4v) is 3.39. The van der Waals surface area contributed by atoms with Crippen LogP contribution in [-0.4, -0.2) is 27.5 Å². The van der Waals surface area contributed by atoms with Crippen molar-refractivity contribution in [3.63, 3.8) is 0 Å². The molecule has 0 bridgehead atoms. The molecule has 0 saturated heterocycles. The van der Waals surface area contributed by atoms with Gasteiger partial charge in [-0.2, -0.15) is 17.6 Å². The third-order valence-electron chi connectivity index (χ3n) is 4.19. The number of rotatable bonds is 6. The number of halogens is 5. The van der Waals surface area contributed by atoms with Gasteiger partial charge in [0.1, 0.15) is 11.3 Å². The molecular formula is C20H15F5N4O3S. The van der Waals surface area contributed by atoms with E-state index < -0.39 is 52.2 Å². The van der Waals surface area contributed by atoms with Crippen LogP contribution in [0.4, 0.5) is 27.6 Å². The molecule has 0 fully saturated rings. The summed E-state index contributed by atoms with van der Waals surface area (Å²) in [5, 5.41) is 2.26. The molecule has 2 aromatic heterocycles. The Morgan fingerprint density at radius 2 is 1.91 bits per heavy atom. The second-order valence-electron chi connectivity index (χ2n) is 6.43. The van der Waals surface area contributed by atoms with Crippen LogP contribution in [0.1, 0.15) is 21.7 Å². The molecule has 0 aliphatic carbocycles. The van der Waals surface area contributed by atoms with Crippen LogP contribution in [0.2, 0.25) is 0 Å². The summed E-state index contributed by atoms with van der Waals surface area (Å²) in [4.78, 5) is 19.6. The van der Waals surface area contributed by atoms with Crippen molar-refractivity contribution >= 4 is 23.0 Å². The maximum Gasteiger partial charge on any atom is 0.437 e. The number of ether oxygens (including phenoxy) is 1. The molecular weight excluding hydrogens is 471 g/mol. The molecule has 174 valence electrons. The summed E-state index contributed by atoms with van der Waals surface area (Å²) in [6.45, 7) is 1.26. The minimum absolute atomic E-state index is 0.0384. The van der Waals surface area contributed by atoms with Crippen LogP contribution in [0, 0.1) is 18.7 Å². The van der Waals surface area contributed by atoms with Crippen LogP contribution in [0.3, 0.4) is 0 Å². The zero-order valence-electron chi connectivity index (χ0n) is 17.0. The van der Waals surface area contributed by atoms with Crippen LogP contribution in [0.15, 0.2) is 47.5 Å². The standard InChI is InChI=1S/C20H15F5N4O3S/c1-10-14(6-7-15(22)28-10)32-17-16(13(21)9-27-18(17)20(23,24)25)19(30)29-11-4-3-5-12(8-11)33(31)26-2/h3-9,26H,1-2H3,(H,29,30). The van der Waals surface area contributed by atoms with Gasteiger partial charge in [0.25, 0.3) is 5.91 Å². The lowest BCUT2D eigenvalue weighted by molar-refractivity contribution is -0.142. The van der Waals surface area contributed by atoms with Gasteiger partial charge in [0.2, 0.25) is 5.95 Å².